The summed E-state index contributed by atoms with van der Waals surface area (Å²) in [6, 6.07) is 11.0. The molecule has 38 heavy (non-hydrogen) atoms. The molecule has 1 aliphatic heterocycles. The molecule has 0 radical (unpaired) electrons. The molecule has 1 aromatic carbocycles. The number of carbonyl (C=O) groups is 2. The maximum absolute atomic E-state index is 12.8. The number of hydrogen-bond donors (Lipinski definition) is 1. The van der Waals surface area contributed by atoms with E-state index < -0.39 is 5.60 Å². The summed E-state index contributed by atoms with van der Waals surface area (Å²) < 4.78 is 10.8. The van der Waals surface area contributed by atoms with Crippen molar-refractivity contribution in [2.45, 2.75) is 59.2 Å². The van der Waals surface area contributed by atoms with Gasteiger partial charge in [0.2, 0.25) is 5.82 Å². The number of amides is 2. The van der Waals surface area contributed by atoms with E-state index in [2.05, 4.69) is 25.7 Å². The van der Waals surface area contributed by atoms with Gasteiger partial charge in [-0.3, -0.25) is 4.79 Å². The molecule has 3 aromatic rings. The number of benzene rings is 1. The minimum Gasteiger partial charge on any atom is -0.497 e. The second-order valence-corrected chi connectivity index (χ2v) is 10.5. The number of piperidine rings is 1. The Morgan fingerprint density at radius 2 is 2.00 bits per heavy atom. The molecule has 1 aliphatic rings. The van der Waals surface area contributed by atoms with Crippen molar-refractivity contribution in [3.8, 4) is 17.1 Å². The molecule has 11 nitrogen and oxygen atoms in total. The Morgan fingerprint density at radius 3 is 2.76 bits per heavy atom. The Balaban J connectivity index is 1.39. The number of likely N-dealkylation sites (tertiary alicyclic amines) is 1. The van der Waals surface area contributed by atoms with Crippen LogP contribution >= 0.6 is 0 Å². The lowest BCUT2D eigenvalue weighted by atomic mass is 9.98. The number of carbonyl (C=O) groups excluding carboxylic acids is 2. The van der Waals surface area contributed by atoms with Crippen molar-refractivity contribution in [1.82, 2.24) is 35.4 Å². The van der Waals surface area contributed by atoms with Gasteiger partial charge < -0.3 is 19.7 Å². The topological polar surface area (TPSA) is 124 Å². The highest BCUT2D eigenvalue weighted by atomic mass is 16.6. The molecule has 0 saturated carbocycles. The quantitative estimate of drug-likeness (QED) is 0.500. The van der Waals surface area contributed by atoms with Crippen molar-refractivity contribution in [3.05, 3.63) is 53.3 Å². The van der Waals surface area contributed by atoms with E-state index in [-0.39, 0.29) is 23.6 Å². The molecule has 11 heteroatoms. The molecule has 0 spiro atoms. The summed E-state index contributed by atoms with van der Waals surface area (Å²) in [6.45, 7) is 9.55. The molecule has 1 atom stereocenters. The molecular weight excluding hydrogens is 486 g/mol. The highest BCUT2D eigenvalue weighted by Gasteiger charge is 2.28. The van der Waals surface area contributed by atoms with Crippen molar-refractivity contribution in [2.24, 2.45) is 5.92 Å². The molecule has 1 N–H and O–H groups in total. The number of aromatic nitrogens is 5. The Bertz CT molecular complexity index is 1280. The third kappa shape index (κ3) is 7.27. The Kier molecular flexibility index (Phi) is 8.23. The van der Waals surface area contributed by atoms with Crippen LogP contribution in [0.1, 0.15) is 55.4 Å². The number of tetrazole rings is 1. The van der Waals surface area contributed by atoms with Crippen LogP contribution in [0.3, 0.4) is 0 Å². The number of aryl methyl sites for hydroxylation is 1. The van der Waals surface area contributed by atoms with Gasteiger partial charge in [0.05, 0.1) is 13.7 Å². The fourth-order valence-electron chi connectivity index (χ4n) is 4.34. The van der Waals surface area contributed by atoms with Gasteiger partial charge in [0.25, 0.3) is 5.91 Å². The molecular formula is C27H35N7O4. The fraction of sp³-hybridized carbons (Fsp3) is 0.481. The monoisotopic (exact) mass is 521 g/mol. The molecule has 0 aliphatic carbocycles. The zero-order valence-electron chi connectivity index (χ0n) is 22.6. The van der Waals surface area contributed by atoms with Gasteiger partial charge >= 0.3 is 6.09 Å². The van der Waals surface area contributed by atoms with Crippen LogP contribution < -0.4 is 10.1 Å². The van der Waals surface area contributed by atoms with Gasteiger partial charge in [0, 0.05) is 30.9 Å². The average Bonchev–Trinajstić information content (AvgIpc) is 3.34. The van der Waals surface area contributed by atoms with Gasteiger partial charge in [-0.05, 0) is 81.5 Å². The van der Waals surface area contributed by atoms with E-state index >= 15 is 0 Å². The number of hydrogen-bond acceptors (Lipinski definition) is 8. The molecule has 3 heterocycles. The van der Waals surface area contributed by atoms with E-state index in [9.17, 15) is 9.59 Å². The molecule has 4 rings (SSSR count). The van der Waals surface area contributed by atoms with E-state index in [1.54, 1.807) is 22.9 Å². The normalized spacial score (nSPS) is 15.7. The van der Waals surface area contributed by atoms with Gasteiger partial charge in [-0.1, -0.05) is 12.1 Å². The number of pyridine rings is 1. The Morgan fingerprint density at radius 1 is 1.18 bits per heavy atom. The van der Waals surface area contributed by atoms with E-state index in [4.69, 9.17) is 9.47 Å². The van der Waals surface area contributed by atoms with Gasteiger partial charge in [-0.2, -0.15) is 4.80 Å². The number of rotatable bonds is 7. The minimum atomic E-state index is -0.528. The lowest BCUT2D eigenvalue weighted by molar-refractivity contribution is 0.0152. The predicted molar refractivity (Wildman–Crippen MR) is 140 cm³/mol. The first-order valence-corrected chi connectivity index (χ1v) is 12.8. The molecule has 202 valence electrons. The first-order chi connectivity index (χ1) is 18.1. The first kappa shape index (κ1) is 27.0. The highest BCUT2D eigenvalue weighted by molar-refractivity contribution is 5.93. The van der Waals surface area contributed by atoms with E-state index in [0.717, 1.165) is 24.2 Å². The van der Waals surface area contributed by atoms with Crippen LogP contribution in [0.15, 0.2) is 36.4 Å². The summed E-state index contributed by atoms with van der Waals surface area (Å²) in [5.41, 5.74) is 2.00. The third-order valence-electron chi connectivity index (χ3n) is 6.08. The maximum atomic E-state index is 12.8. The number of nitrogens with zero attached hydrogens (tertiary/aromatic N) is 6. The van der Waals surface area contributed by atoms with Crippen LogP contribution in [-0.4, -0.2) is 67.9 Å². The molecule has 2 aromatic heterocycles. The zero-order valence-corrected chi connectivity index (χ0v) is 22.6. The van der Waals surface area contributed by atoms with Crippen molar-refractivity contribution in [3.63, 3.8) is 0 Å². The van der Waals surface area contributed by atoms with E-state index in [1.165, 1.54) is 0 Å². The van der Waals surface area contributed by atoms with E-state index in [0.29, 0.717) is 43.3 Å². The molecule has 2 amide bonds. The third-order valence-corrected chi connectivity index (χ3v) is 6.08. The highest BCUT2D eigenvalue weighted by Crippen LogP contribution is 2.22. The SMILES string of the molecule is COc1cccc(CNC(=O)c2cc(-c3nnn(C[C@@H]4CCCN(C(=O)OC(C)(C)C)C4)n3)cc(C)n2)c1. The Labute approximate surface area is 222 Å². The maximum Gasteiger partial charge on any atom is 0.410 e. The second-order valence-electron chi connectivity index (χ2n) is 10.5. The standard InChI is InChI=1S/C27H35N7O4/c1-18-12-21(14-23(29-18)25(35)28-15-19-8-6-10-22(13-19)37-5)24-30-32-34(31-24)17-20-9-7-11-33(16-20)26(36)38-27(2,3)4/h6,8,10,12-14,20H,7,9,11,15-17H2,1-5H3,(H,28,35)/t20-/m1/s1. The van der Waals surface area contributed by atoms with Crippen LogP contribution in [-0.2, 0) is 17.8 Å². The van der Waals surface area contributed by atoms with Gasteiger partial charge in [-0.15, -0.1) is 10.2 Å². The van der Waals surface area contributed by atoms with Crippen LogP contribution in [0.5, 0.6) is 5.75 Å². The van der Waals surface area contributed by atoms with Crippen molar-refractivity contribution >= 4 is 12.0 Å². The van der Waals surface area contributed by atoms with E-state index in [1.807, 2.05) is 58.0 Å². The van der Waals surface area contributed by atoms with Crippen LogP contribution in [0, 0.1) is 12.8 Å². The van der Waals surface area contributed by atoms with Crippen LogP contribution in [0.2, 0.25) is 0 Å². The lowest BCUT2D eigenvalue weighted by Gasteiger charge is -2.33. The Hall–Kier alpha value is -4.02. The summed E-state index contributed by atoms with van der Waals surface area (Å²) in [5, 5.41) is 15.9. The average molecular weight is 522 g/mol. The fourth-order valence-corrected chi connectivity index (χ4v) is 4.34. The summed E-state index contributed by atoms with van der Waals surface area (Å²) in [4.78, 5) is 33.0. The lowest BCUT2D eigenvalue weighted by Crippen LogP contribution is -2.43. The first-order valence-electron chi connectivity index (χ1n) is 12.8. The van der Waals surface area contributed by atoms with Gasteiger partial charge in [-0.25, -0.2) is 9.78 Å². The largest absolute Gasteiger partial charge is 0.497 e. The van der Waals surface area contributed by atoms with Crippen molar-refractivity contribution in [1.29, 1.82) is 0 Å². The second kappa shape index (κ2) is 11.6. The number of methoxy groups -OCH3 is 1. The summed E-state index contributed by atoms with van der Waals surface area (Å²) >= 11 is 0. The number of nitrogens with one attached hydrogen (secondary N) is 1. The molecule has 0 bridgehead atoms. The van der Waals surface area contributed by atoms with Gasteiger partial charge in [0.1, 0.15) is 17.0 Å². The summed E-state index contributed by atoms with van der Waals surface area (Å²) in [7, 11) is 1.61. The zero-order chi connectivity index (χ0) is 27.3. The van der Waals surface area contributed by atoms with Crippen molar-refractivity contribution < 1.29 is 19.1 Å². The van der Waals surface area contributed by atoms with Crippen LogP contribution in [0.4, 0.5) is 4.79 Å². The van der Waals surface area contributed by atoms with Gasteiger partial charge in [0.15, 0.2) is 0 Å². The summed E-state index contributed by atoms with van der Waals surface area (Å²) in [6.07, 6.45) is 1.56. The van der Waals surface area contributed by atoms with Crippen molar-refractivity contribution in [2.75, 3.05) is 20.2 Å². The molecule has 1 saturated heterocycles. The molecule has 1 fully saturated rings. The predicted octanol–water partition coefficient (Wildman–Crippen LogP) is 3.63. The molecule has 0 unspecified atom stereocenters. The smallest absolute Gasteiger partial charge is 0.410 e. The minimum absolute atomic E-state index is 0.190. The van der Waals surface area contributed by atoms with Crippen LogP contribution in [0.25, 0.3) is 11.4 Å². The summed E-state index contributed by atoms with van der Waals surface area (Å²) in [5.74, 6) is 1.04. The number of ether oxygens (including phenoxy) is 2.